The van der Waals surface area contributed by atoms with Gasteiger partial charge in [0.2, 0.25) is 5.95 Å². The summed E-state index contributed by atoms with van der Waals surface area (Å²) >= 11 is 5.97. The first-order valence-electron chi connectivity index (χ1n) is 7.60. The molecule has 140 valence electrons. The van der Waals surface area contributed by atoms with Gasteiger partial charge in [0.15, 0.2) is 5.82 Å². The Labute approximate surface area is 157 Å². The smallest absolute Gasteiger partial charge is 0.416 e. The molecule has 0 aliphatic heterocycles. The molecule has 1 heterocycles. The van der Waals surface area contributed by atoms with Crippen LogP contribution in [0.15, 0.2) is 48.7 Å². The molecular formula is C17H13ClF3N5O. The Balaban J connectivity index is 1.84. The number of anilines is 4. The number of nitrogens with one attached hydrogen (secondary N) is 2. The van der Waals surface area contributed by atoms with Crippen molar-refractivity contribution in [1.82, 2.24) is 15.2 Å². The molecule has 0 atom stereocenters. The summed E-state index contributed by atoms with van der Waals surface area (Å²) in [5.41, 5.74) is -0.183. The Morgan fingerprint density at radius 3 is 2.56 bits per heavy atom. The largest absolute Gasteiger partial charge is 0.495 e. The highest BCUT2D eigenvalue weighted by Crippen LogP contribution is 2.34. The quantitative estimate of drug-likeness (QED) is 0.630. The van der Waals surface area contributed by atoms with E-state index in [2.05, 4.69) is 25.8 Å². The molecular weight excluding hydrogens is 383 g/mol. The van der Waals surface area contributed by atoms with Crippen LogP contribution in [0.1, 0.15) is 5.56 Å². The van der Waals surface area contributed by atoms with E-state index in [1.165, 1.54) is 13.3 Å². The summed E-state index contributed by atoms with van der Waals surface area (Å²) in [6, 6.07) is 10.1. The molecule has 2 N–H and O–H groups in total. The fraction of sp³-hybridized carbons (Fsp3) is 0.118. The van der Waals surface area contributed by atoms with Crippen molar-refractivity contribution >= 4 is 34.7 Å². The van der Waals surface area contributed by atoms with Gasteiger partial charge in [-0.15, -0.1) is 5.10 Å². The summed E-state index contributed by atoms with van der Waals surface area (Å²) in [6.45, 7) is 0. The zero-order valence-electron chi connectivity index (χ0n) is 13.9. The average molecular weight is 396 g/mol. The lowest BCUT2D eigenvalue weighted by molar-refractivity contribution is -0.137. The standard InChI is InChI=1S/C17H13ClF3N5O/c1-27-14-5-3-2-4-12(14)23-15-9-22-26-16(25-15)24-13-8-10(17(19,20)21)6-7-11(13)18/h2-9H,1H3,(H2,23,24,25,26). The third-order valence-corrected chi connectivity index (χ3v) is 3.80. The number of alkyl halides is 3. The normalized spacial score (nSPS) is 11.1. The van der Waals surface area contributed by atoms with Gasteiger partial charge >= 0.3 is 6.18 Å². The van der Waals surface area contributed by atoms with E-state index in [1.54, 1.807) is 18.2 Å². The lowest BCUT2D eigenvalue weighted by atomic mass is 10.2. The van der Waals surface area contributed by atoms with Crippen LogP contribution >= 0.6 is 11.6 Å². The molecule has 0 saturated heterocycles. The van der Waals surface area contributed by atoms with Crippen LogP contribution in [0.3, 0.4) is 0 Å². The molecule has 2 aromatic carbocycles. The molecule has 0 aliphatic rings. The molecule has 10 heteroatoms. The molecule has 0 aliphatic carbocycles. The van der Waals surface area contributed by atoms with Gasteiger partial charge < -0.3 is 15.4 Å². The maximum Gasteiger partial charge on any atom is 0.416 e. The van der Waals surface area contributed by atoms with Gasteiger partial charge in [-0.05, 0) is 30.3 Å². The Bertz CT molecular complexity index is 952. The highest BCUT2D eigenvalue weighted by Gasteiger charge is 2.31. The van der Waals surface area contributed by atoms with Crippen LogP contribution in [0.2, 0.25) is 5.02 Å². The van der Waals surface area contributed by atoms with E-state index < -0.39 is 11.7 Å². The minimum absolute atomic E-state index is 0.0164. The second kappa shape index (κ2) is 7.67. The van der Waals surface area contributed by atoms with E-state index in [0.29, 0.717) is 17.3 Å². The molecule has 0 saturated carbocycles. The molecule has 3 aromatic rings. The molecule has 0 unspecified atom stereocenters. The number of methoxy groups -OCH3 is 1. The van der Waals surface area contributed by atoms with Crippen LogP contribution in [-0.4, -0.2) is 22.3 Å². The van der Waals surface area contributed by atoms with E-state index in [-0.39, 0.29) is 16.7 Å². The summed E-state index contributed by atoms with van der Waals surface area (Å²) in [7, 11) is 1.53. The molecule has 27 heavy (non-hydrogen) atoms. The van der Waals surface area contributed by atoms with Crippen LogP contribution in [0.4, 0.5) is 36.3 Å². The molecule has 0 fully saturated rings. The summed E-state index contributed by atoms with van der Waals surface area (Å²) in [5.74, 6) is 0.891. The van der Waals surface area contributed by atoms with E-state index in [4.69, 9.17) is 16.3 Å². The molecule has 0 amide bonds. The lowest BCUT2D eigenvalue weighted by Gasteiger charge is -2.12. The number of nitrogens with zero attached hydrogens (tertiary/aromatic N) is 3. The highest BCUT2D eigenvalue weighted by molar-refractivity contribution is 6.33. The number of aromatic nitrogens is 3. The molecule has 1 aromatic heterocycles. The third-order valence-electron chi connectivity index (χ3n) is 3.47. The summed E-state index contributed by atoms with van der Waals surface area (Å²) in [4.78, 5) is 4.18. The summed E-state index contributed by atoms with van der Waals surface area (Å²) in [6.07, 6.45) is -3.13. The summed E-state index contributed by atoms with van der Waals surface area (Å²) < 4.78 is 43.9. The number of para-hydroxylation sites is 2. The highest BCUT2D eigenvalue weighted by atomic mass is 35.5. The lowest BCUT2D eigenvalue weighted by Crippen LogP contribution is -2.07. The predicted octanol–water partition coefficient (Wildman–Crippen LogP) is 5.04. The average Bonchev–Trinajstić information content (AvgIpc) is 2.63. The van der Waals surface area contributed by atoms with Gasteiger partial charge in [0.1, 0.15) is 5.75 Å². The first-order valence-corrected chi connectivity index (χ1v) is 7.98. The molecule has 0 spiro atoms. The maximum atomic E-state index is 12.9. The first-order chi connectivity index (χ1) is 12.9. The molecule has 0 bridgehead atoms. The van der Waals surface area contributed by atoms with Gasteiger partial charge in [-0.2, -0.15) is 23.3 Å². The Morgan fingerprint density at radius 2 is 1.81 bits per heavy atom. The van der Waals surface area contributed by atoms with Gasteiger partial charge in [-0.25, -0.2) is 0 Å². The van der Waals surface area contributed by atoms with Crippen LogP contribution in [0.25, 0.3) is 0 Å². The number of rotatable bonds is 5. The van der Waals surface area contributed by atoms with Crippen molar-refractivity contribution < 1.29 is 17.9 Å². The molecule has 3 rings (SSSR count). The monoisotopic (exact) mass is 395 g/mol. The van der Waals surface area contributed by atoms with Crippen LogP contribution in [0.5, 0.6) is 5.75 Å². The topological polar surface area (TPSA) is 72.0 Å². The predicted molar refractivity (Wildman–Crippen MR) is 95.8 cm³/mol. The fourth-order valence-electron chi connectivity index (χ4n) is 2.22. The molecule has 6 nitrogen and oxygen atoms in total. The summed E-state index contributed by atoms with van der Waals surface area (Å²) in [5, 5.41) is 13.3. The second-order valence-corrected chi connectivity index (χ2v) is 5.72. The van der Waals surface area contributed by atoms with Crippen molar-refractivity contribution in [2.75, 3.05) is 17.7 Å². The SMILES string of the molecule is COc1ccccc1Nc1cnnc(Nc2cc(C(F)(F)F)ccc2Cl)n1. The number of hydrogen-bond acceptors (Lipinski definition) is 6. The van der Waals surface area contributed by atoms with Crippen LogP contribution in [-0.2, 0) is 6.18 Å². The second-order valence-electron chi connectivity index (χ2n) is 5.31. The number of benzene rings is 2. The van der Waals surface area contributed by atoms with Crippen molar-refractivity contribution in [2.24, 2.45) is 0 Å². The van der Waals surface area contributed by atoms with Gasteiger partial charge in [0, 0.05) is 0 Å². The minimum Gasteiger partial charge on any atom is -0.495 e. The van der Waals surface area contributed by atoms with Gasteiger partial charge in [-0.1, -0.05) is 23.7 Å². The Hall–Kier alpha value is -3.07. The van der Waals surface area contributed by atoms with Crippen LogP contribution in [0, 0.1) is 0 Å². The van der Waals surface area contributed by atoms with Crippen LogP contribution < -0.4 is 15.4 Å². The van der Waals surface area contributed by atoms with E-state index in [0.717, 1.165) is 18.2 Å². The van der Waals surface area contributed by atoms with Gasteiger partial charge in [0.25, 0.3) is 0 Å². The third kappa shape index (κ3) is 4.56. The number of hydrogen-bond donors (Lipinski definition) is 2. The van der Waals surface area contributed by atoms with Crippen molar-refractivity contribution in [1.29, 1.82) is 0 Å². The zero-order chi connectivity index (χ0) is 19.4. The Morgan fingerprint density at radius 1 is 1.04 bits per heavy atom. The van der Waals surface area contributed by atoms with Crippen molar-refractivity contribution in [3.63, 3.8) is 0 Å². The van der Waals surface area contributed by atoms with E-state index >= 15 is 0 Å². The van der Waals surface area contributed by atoms with Gasteiger partial charge in [0.05, 0.1) is 35.3 Å². The van der Waals surface area contributed by atoms with Crippen molar-refractivity contribution in [2.45, 2.75) is 6.18 Å². The Kier molecular flexibility index (Phi) is 5.31. The maximum absolute atomic E-state index is 12.9. The first kappa shape index (κ1) is 18.7. The zero-order valence-corrected chi connectivity index (χ0v) is 14.6. The molecule has 0 radical (unpaired) electrons. The van der Waals surface area contributed by atoms with Crippen molar-refractivity contribution in [3.05, 3.63) is 59.2 Å². The minimum atomic E-state index is -4.49. The number of ether oxygens (including phenoxy) is 1. The van der Waals surface area contributed by atoms with E-state index in [1.807, 2.05) is 6.07 Å². The number of halogens is 4. The van der Waals surface area contributed by atoms with Crippen molar-refractivity contribution in [3.8, 4) is 5.75 Å². The van der Waals surface area contributed by atoms with Gasteiger partial charge in [-0.3, -0.25) is 0 Å². The van der Waals surface area contributed by atoms with E-state index in [9.17, 15) is 13.2 Å². The fourth-order valence-corrected chi connectivity index (χ4v) is 2.39.